The van der Waals surface area contributed by atoms with Gasteiger partial charge in [-0.05, 0) is 18.7 Å². The van der Waals surface area contributed by atoms with Crippen LogP contribution >= 0.6 is 11.3 Å². The van der Waals surface area contributed by atoms with Gasteiger partial charge in [0.05, 0.1) is 0 Å². The van der Waals surface area contributed by atoms with Crippen molar-refractivity contribution in [3.05, 3.63) is 34.8 Å². The molecular weight excluding hydrogens is 232 g/mol. The first-order valence-corrected chi connectivity index (χ1v) is 5.50. The summed E-state index contributed by atoms with van der Waals surface area (Å²) in [5.74, 6) is -1.23. The van der Waals surface area contributed by atoms with E-state index in [-0.39, 0.29) is 5.56 Å². The molecule has 16 heavy (non-hydrogen) atoms. The highest BCUT2D eigenvalue weighted by Crippen LogP contribution is 2.26. The number of rotatable bonds is 3. The smallest absolute Gasteiger partial charge is 0.150 e. The van der Waals surface area contributed by atoms with Crippen LogP contribution in [0, 0.1) is 11.6 Å². The average molecular weight is 241 g/mol. The molecular formula is C10H9F2N3S. The molecule has 1 heterocycles. The van der Waals surface area contributed by atoms with Crippen molar-refractivity contribution < 1.29 is 8.78 Å². The van der Waals surface area contributed by atoms with Gasteiger partial charge in [-0.2, -0.15) is 0 Å². The van der Waals surface area contributed by atoms with Gasteiger partial charge in [-0.25, -0.2) is 8.78 Å². The molecule has 1 aromatic carbocycles. The van der Waals surface area contributed by atoms with E-state index >= 15 is 0 Å². The van der Waals surface area contributed by atoms with Crippen LogP contribution in [0.2, 0.25) is 0 Å². The number of hydrogen-bond acceptors (Lipinski definition) is 4. The minimum atomic E-state index is -0.629. The minimum absolute atomic E-state index is 0.266. The number of halogens is 2. The average Bonchev–Trinajstić information content (AvgIpc) is 2.67. The lowest BCUT2D eigenvalue weighted by molar-refractivity contribution is 0.585. The third kappa shape index (κ3) is 2.23. The zero-order valence-electron chi connectivity index (χ0n) is 8.28. The maximum absolute atomic E-state index is 13.4. The summed E-state index contributed by atoms with van der Waals surface area (Å²) < 4.78 is 26.1. The SMILES string of the molecule is NCCc1nnc(-c2ccc(F)cc2F)s1. The van der Waals surface area contributed by atoms with Gasteiger partial charge in [0.25, 0.3) is 0 Å². The summed E-state index contributed by atoms with van der Waals surface area (Å²) in [6.07, 6.45) is 0.612. The van der Waals surface area contributed by atoms with Crippen LogP contribution in [0.3, 0.4) is 0 Å². The highest BCUT2D eigenvalue weighted by Gasteiger charge is 2.11. The highest BCUT2D eigenvalue weighted by molar-refractivity contribution is 7.14. The molecule has 6 heteroatoms. The second-order valence-corrected chi connectivity index (χ2v) is 4.23. The van der Waals surface area contributed by atoms with Crippen molar-refractivity contribution in [1.82, 2.24) is 10.2 Å². The molecule has 0 aliphatic rings. The molecule has 1 aromatic heterocycles. The normalized spacial score (nSPS) is 10.7. The molecule has 0 radical (unpaired) electrons. The first-order valence-electron chi connectivity index (χ1n) is 4.68. The molecule has 0 saturated heterocycles. The van der Waals surface area contributed by atoms with Crippen LogP contribution in [0.1, 0.15) is 5.01 Å². The van der Waals surface area contributed by atoms with E-state index < -0.39 is 11.6 Å². The molecule has 0 unspecified atom stereocenters. The van der Waals surface area contributed by atoms with E-state index in [0.29, 0.717) is 18.0 Å². The molecule has 2 aromatic rings. The van der Waals surface area contributed by atoms with Gasteiger partial charge in [-0.1, -0.05) is 11.3 Å². The Balaban J connectivity index is 2.35. The molecule has 84 valence electrons. The van der Waals surface area contributed by atoms with Gasteiger partial charge in [-0.3, -0.25) is 0 Å². The van der Waals surface area contributed by atoms with Gasteiger partial charge >= 0.3 is 0 Å². The van der Waals surface area contributed by atoms with Crippen molar-refractivity contribution >= 4 is 11.3 Å². The lowest BCUT2D eigenvalue weighted by atomic mass is 10.2. The summed E-state index contributed by atoms with van der Waals surface area (Å²) >= 11 is 1.27. The number of nitrogens with zero attached hydrogens (tertiary/aromatic N) is 2. The molecule has 2 rings (SSSR count). The fraction of sp³-hybridized carbons (Fsp3) is 0.200. The van der Waals surface area contributed by atoms with Crippen LogP contribution in [0.5, 0.6) is 0 Å². The topological polar surface area (TPSA) is 51.8 Å². The van der Waals surface area contributed by atoms with Crippen LogP contribution < -0.4 is 5.73 Å². The zero-order valence-corrected chi connectivity index (χ0v) is 9.10. The Morgan fingerprint density at radius 2 is 2.06 bits per heavy atom. The van der Waals surface area contributed by atoms with Crippen molar-refractivity contribution in [2.45, 2.75) is 6.42 Å². The van der Waals surface area contributed by atoms with Crippen molar-refractivity contribution in [3.8, 4) is 10.6 Å². The van der Waals surface area contributed by atoms with Gasteiger partial charge < -0.3 is 5.73 Å². The molecule has 0 atom stereocenters. The molecule has 0 amide bonds. The second kappa shape index (κ2) is 4.63. The Kier molecular flexibility index (Phi) is 3.21. The Morgan fingerprint density at radius 1 is 1.25 bits per heavy atom. The maximum Gasteiger partial charge on any atom is 0.150 e. The Morgan fingerprint density at radius 3 is 2.75 bits per heavy atom. The summed E-state index contributed by atoms with van der Waals surface area (Å²) in [4.78, 5) is 0. The predicted molar refractivity (Wildman–Crippen MR) is 58.0 cm³/mol. The minimum Gasteiger partial charge on any atom is -0.330 e. The number of aromatic nitrogens is 2. The summed E-state index contributed by atoms with van der Waals surface area (Å²) in [6, 6.07) is 3.39. The summed E-state index contributed by atoms with van der Waals surface area (Å²) in [7, 11) is 0. The van der Waals surface area contributed by atoms with Crippen molar-refractivity contribution in [2.24, 2.45) is 5.73 Å². The standard InChI is InChI=1S/C10H9F2N3S/c11-6-1-2-7(8(12)5-6)10-15-14-9(16-10)3-4-13/h1-2,5H,3-4,13H2. The lowest BCUT2D eigenvalue weighted by Crippen LogP contribution is -2.01. The summed E-state index contributed by atoms with van der Waals surface area (Å²) in [5.41, 5.74) is 5.64. The van der Waals surface area contributed by atoms with Gasteiger partial charge in [0, 0.05) is 18.1 Å². The molecule has 0 aliphatic carbocycles. The fourth-order valence-corrected chi connectivity index (χ4v) is 2.13. The quantitative estimate of drug-likeness (QED) is 0.894. The molecule has 0 bridgehead atoms. The molecule has 3 nitrogen and oxygen atoms in total. The largest absolute Gasteiger partial charge is 0.330 e. The van der Waals surface area contributed by atoms with Crippen molar-refractivity contribution in [3.63, 3.8) is 0 Å². The molecule has 0 saturated carbocycles. The Labute approximate surface area is 94.9 Å². The van der Waals surface area contributed by atoms with E-state index in [1.54, 1.807) is 0 Å². The van der Waals surface area contributed by atoms with E-state index in [1.165, 1.54) is 23.5 Å². The van der Waals surface area contributed by atoms with E-state index in [0.717, 1.165) is 11.1 Å². The van der Waals surface area contributed by atoms with Gasteiger partial charge in [0.1, 0.15) is 16.6 Å². The van der Waals surface area contributed by atoms with Gasteiger partial charge in [-0.15, -0.1) is 10.2 Å². The fourth-order valence-electron chi connectivity index (χ4n) is 1.25. The first kappa shape index (κ1) is 11.1. The third-order valence-electron chi connectivity index (χ3n) is 1.99. The van der Waals surface area contributed by atoms with Crippen molar-refractivity contribution in [2.75, 3.05) is 6.54 Å². The number of nitrogens with two attached hydrogens (primary N) is 1. The van der Waals surface area contributed by atoms with E-state index in [9.17, 15) is 8.78 Å². The maximum atomic E-state index is 13.4. The van der Waals surface area contributed by atoms with Gasteiger partial charge in [0.15, 0.2) is 5.01 Å². The van der Waals surface area contributed by atoms with Crippen LogP contribution in [-0.4, -0.2) is 16.7 Å². The summed E-state index contributed by atoms with van der Waals surface area (Å²) in [5, 5.41) is 8.92. The lowest BCUT2D eigenvalue weighted by Gasteiger charge is -1.97. The highest BCUT2D eigenvalue weighted by atomic mass is 32.1. The number of benzene rings is 1. The molecule has 0 fully saturated rings. The monoisotopic (exact) mass is 241 g/mol. The van der Waals surface area contributed by atoms with Crippen LogP contribution in [-0.2, 0) is 6.42 Å². The van der Waals surface area contributed by atoms with Crippen LogP contribution in [0.15, 0.2) is 18.2 Å². The van der Waals surface area contributed by atoms with Crippen molar-refractivity contribution in [1.29, 1.82) is 0 Å². The first-order chi connectivity index (χ1) is 7.70. The van der Waals surface area contributed by atoms with Crippen LogP contribution in [0.4, 0.5) is 8.78 Å². The Bertz CT molecular complexity index is 499. The van der Waals surface area contributed by atoms with Crippen LogP contribution in [0.25, 0.3) is 10.6 Å². The Hall–Kier alpha value is -1.40. The van der Waals surface area contributed by atoms with Gasteiger partial charge in [0.2, 0.25) is 0 Å². The molecule has 2 N–H and O–H groups in total. The third-order valence-corrected chi connectivity index (χ3v) is 3.00. The predicted octanol–water partition coefficient (Wildman–Crippen LogP) is 1.98. The van der Waals surface area contributed by atoms with E-state index in [1.807, 2.05) is 0 Å². The second-order valence-electron chi connectivity index (χ2n) is 3.16. The molecule has 0 spiro atoms. The molecule has 0 aliphatic heterocycles. The summed E-state index contributed by atoms with van der Waals surface area (Å²) in [6.45, 7) is 0.473. The number of hydrogen-bond donors (Lipinski definition) is 1. The van der Waals surface area contributed by atoms with E-state index in [4.69, 9.17) is 5.73 Å². The van der Waals surface area contributed by atoms with E-state index in [2.05, 4.69) is 10.2 Å². The zero-order chi connectivity index (χ0) is 11.5.